The maximum atomic E-state index is 13.5. The maximum Gasteiger partial charge on any atom is 0.124 e. The van der Waals surface area contributed by atoms with Crippen molar-refractivity contribution in [2.75, 3.05) is 13.1 Å². The second kappa shape index (κ2) is 6.15. The predicted octanol–water partition coefficient (Wildman–Crippen LogP) is 2.73. The van der Waals surface area contributed by atoms with Crippen molar-refractivity contribution in [2.45, 2.75) is 32.7 Å². The summed E-state index contributed by atoms with van der Waals surface area (Å²) in [7, 11) is 0. The van der Waals surface area contributed by atoms with E-state index in [2.05, 4.69) is 11.8 Å². The van der Waals surface area contributed by atoms with Crippen molar-refractivity contribution < 1.29 is 4.39 Å². The molecule has 0 spiro atoms. The topological polar surface area (TPSA) is 53.1 Å². The quantitative estimate of drug-likeness (QED) is 0.612. The van der Waals surface area contributed by atoms with Crippen LogP contribution in [0.15, 0.2) is 18.2 Å². The molecule has 0 unspecified atom stereocenters. The molecule has 0 aliphatic heterocycles. The number of amidine groups is 1. The Labute approximate surface area is 114 Å². The summed E-state index contributed by atoms with van der Waals surface area (Å²) in [4.78, 5) is 2.34. The summed E-state index contributed by atoms with van der Waals surface area (Å²) in [5.41, 5.74) is 6.79. The van der Waals surface area contributed by atoms with Gasteiger partial charge in [-0.2, -0.15) is 0 Å². The molecule has 0 bridgehead atoms. The SMILES string of the molecule is CCN(Cc1cc(F)cc(C(=N)N)c1)CC1CCC1. The Morgan fingerprint density at radius 3 is 2.68 bits per heavy atom. The second-order valence-corrected chi connectivity index (χ2v) is 5.39. The molecule has 4 heteroatoms. The fourth-order valence-electron chi connectivity index (χ4n) is 2.50. The number of rotatable bonds is 6. The van der Waals surface area contributed by atoms with Gasteiger partial charge in [0, 0.05) is 18.7 Å². The van der Waals surface area contributed by atoms with Gasteiger partial charge in [0.05, 0.1) is 0 Å². The van der Waals surface area contributed by atoms with Gasteiger partial charge in [-0.25, -0.2) is 4.39 Å². The van der Waals surface area contributed by atoms with Crippen LogP contribution < -0.4 is 5.73 Å². The molecule has 0 amide bonds. The number of nitrogens with one attached hydrogen (secondary N) is 1. The Hall–Kier alpha value is -1.42. The molecule has 0 saturated heterocycles. The first-order valence-electron chi connectivity index (χ1n) is 6.94. The minimum absolute atomic E-state index is 0.0807. The monoisotopic (exact) mass is 263 g/mol. The van der Waals surface area contributed by atoms with E-state index in [9.17, 15) is 4.39 Å². The Kier molecular flexibility index (Phi) is 4.53. The molecule has 2 rings (SSSR count). The van der Waals surface area contributed by atoms with Crippen molar-refractivity contribution in [1.29, 1.82) is 5.41 Å². The summed E-state index contributed by atoms with van der Waals surface area (Å²) < 4.78 is 13.5. The molecular weight excluding hydrogens is 241 g/mol. The van der Waals surface area contributed by atoms with Crippen molar-refractivity contribution in [2.24, 2.45) is 11.7 Å². The van der Waals surface area contributed by atoms with E-state index in [1.54, 1.807) is 0 Å². The predicted molar refractivity (Wildman–Crippen MR) is 75.7 cm³/mol. The van der Waals surface area contributed by atoms with Gasteiger partial charge in [-0.15, -0.1) is 0 Å². The van der Waals surface area contributed by atoms with Crippen molar-refractivity contribution in [1.82, 2.24) is 4.90 Å². The van der Waals surface area contributed by atoms with Gasteiger partial charge in [0.15, 0.2) is 0 Å². The van der Waals surface area contributed by atoms with E-state index in [1.165, 1.54) is 31.4 Å². The van der Waals surface area contributed by atoms with Crippen LogP contribution in [-0.4, -0.2) is 23.8 Å². The van der Waals surface area contributed by atoms with Gasteiger partial charge in [0.25, 0.3) is 0 Å². The minimum Gasteiger partial charge on any atom is -0.384 e. The van der Waals surface area contributed by atoms with Crippen LogP contribution in [0.4, 0.5) is 4.39 Å². The van der Waals surface area contributed by atoms with Crippen molar-refractivity contribution in [3.8, 4) is 0 Å². The summed E-state index contributed by atoms with van der Waals surface area (Å²) in [6.07, 6.45) is 3.98. The third kappa shape index (κ3) is 3.77. The molecule has 1 aromatic carbocycles. The van der Waals surface area contributed by atoms with Crippen LogP contribution in [0.2, 0.25) is 0 Å². The van der Waals surface area contributed by atoms with Gasteiger partial charge in [-0.05, 0) is 49.1 Å². The first-order valence-corrected chi connectivity index (χ1v) is 6.94. The van der Waals surface area contributed by atoms with Gasteiger partial charge in [-0.3, -0.25) is 10.3 Å². The fraction of sp³-hybridized carbons (Fsp3) is 0.533. The zero-order chi connectivity index (χ0) is 13.8. The molecular formula is C15H22FN3. The second-order valence-electron chi connectivity index (χ2n) is 5.39. The van der Waals surface area contributed by atoms with Crippen molar-refractivity contribution in [3.63, 3.8) is 0 Å². The highest BCUT2D eigenvalue weighted by Gasteiger charge is 2.20. The molecule has 0 heterocycles. The molecule has 19 heavy (non-hydrogen) atoms. The molecule has 0 aromatic heterocycles. The summed E-state index contributed by atoms with van der Waals surface area (Å²) in [5.74, 6) is 0.408. The Morgan fingerprint density at radius 2 is 2.16 bits per heavy atom. The molecule has 0 radical (unpaired) electrons. The van der Waals surface area contributed by atoms with Gasteiger partial charge >= 0.3 is 0 Å². The maximum absolute atomic E-state index is 13.5. The summed E-state index contributed by atoms with van der Waals surface area (Å²) in [6.45, 7) is 4.90. The first-order chi connectivity index (χ1) is 9.08. The van der Waals surface area contributed by atoms with E-state index in [0.717, 1.165) is 31.1 Å². The molecule has 1 aliphatic carbocycles. The van der Waals surface area contributed by atoms with E-state index < -0.39 is 0 Å². The van der Waals surface area contributed by atoms with Gasteiger partial charge in [0.2, 0.25) is 0 Å². The van der Waals surface area contributed by atoms with E-state index in [4.69, 9.17) is 11.1 Å². The highest BCUT2D eigenvalue weighted by molar-refractivity contribution is 5.95. The third-order valence-electron chi connectivity index (χ3n) is 3.86. The lowest BCUT2D eigenvalue weighted by Gasteiger charge is -2.31. The van der Waals surface area contributed by atoms with Gasteiger partial charge in [0.1, 0.15) is 11.7 Å². The van der Waals surface area contributed by atoms with Crippen LogP contribution in [0.1, 0.15) is 37.3 Å². The fourth-order valence-corrected chi connectivity index (χ4v) is 2.50. The van der Waals surface area contributed by atoms with Crippen LogP contribution >= 0.6 is 0 Å². The number of nitrogens with zero attached hydrogens (tertiary/aromatic N) is 1. The van der Waals surface area contributed by atoms with Gasteiger partial charge in [-0.1, -0.05) is 13.3 Å². The van der Waals surface area contributed by atoms with Crippen molar-refractivity contribution >= 4 is 5.84 Å². The molecule has 1 saturated carbocycles. The normalized spacial score (nSPS) is 15.5. The molecule has 1 fully saturated rings. The zero-order valence-electron chi connectivity index (χ0n) is 11.5. The number of nitrogens with two attached hydrogens (primary N) is 1. The van der Waals surface area contributed by atoms with E-state index in [0.29, 0.717) is 5.56 Å². The lowest BCUT2D eigenvalue weighted by Crippen LogP contribution is -2.32. The molecule has 1 aliphatic rings. The molecule has 104 valence electrons. The zero-order valence-corrected chi connectivity index (χ0v) is 11.5. The van der Waals surface area contributed by atoms with Crippen LogP contribution in [0.5, 0.6) is 0 Å². The van der Waals surface area contributed by atoms with Crippen molar-refractivity contribution in [3.05, 3.63) is 35.1 Å². The average Bonchev–Trinajstić information content (AvgIpc) is 2.31. The van der Waals surface area contributed by atoms with Gasteiger partial charge < -0.3 is 5.73 Å². The van der Waals surface area contributed by atoms with E-state index in [1.807, 2.05) is 6.07 Å². The van der Waals surface area contributed by atoms with Crippen LogP contribution in [0.25, 0.3) is 0 Å². The summed E-state index contributed by atoms with van der Waals surface area (Å²) >= 11 is 0. The number of benzene rings is 1. The molecule has 3 nitrogen and oxygen atoms in total. The first kappa shape index (κ1) is 14.0. The minimum atomic E-state index is -0.317. The Morgan fingerprint density at radius 1 is 1.42 bits per heavy atom. The molecule has 1 aromatic rings. The molecule has 3 N–H and O–H groups in total. The highest BCUT2D eigenvalue weighted by atomic mass is 19.1. The smallest absolute Gasteiger partial charge is 0.124 e. The lowest BCUT2D eigenvalue weighted by molar-refractivity contribution is 0.178. The summed E-state index contributed by atoms with van der Waals surface area (Å²) in [6, 6.07) is 4.67. The average molecular weight is 263 g/mol. The number of nitrogen functional groups attached to an aromatic ring is 1. The number of halogens is 1. The number of hydrogen-bond donors (Lipinski definition) is 2. The molecule has 0 atom stereocenters. The van der Waals surface area contributed by atoms with E-state index >= 15 is 0 Å². The third-order valence-corrected chi connectivity index (χ3v) is 3.86. The standard InChI is InChI=1S/C15H22FN3/c1-2-19(9-11-4-3-5-11)10-12-6-13(15(17)18)8-14(16)7-12/h6-8,11H,2-5,9-10H2,1H3,(H3,17,18). The number of hydrogen-bond acceptors (Lipinski definition) is 2. The lowest BCUT2D eigenvalue weighted by atomic mass is 9.85. The van der Waals surface area contributed by atoms with E-state index in [-0.39, 0.29) is 11.7 Å². The Balaban J connectivity index is 2.05. The van der Waals surface area contributed by atoms with Crippen LogP contribution in [0.3, 0.4) is 0 Å². The van der Waals surface area contributed by atoms with Crippen LogP contribution in [0, 0.1) is 17.1 Å². The largest absolute Gasteiger partial charge is 0.384 e. The van der Waals surface area contributed by atoms with Crippen LogP contribution in [-0.2, 0) is 6.54 Å². The Bertz CT molecular complexity index is 455. The highest BCUT2D eigenvalue weighted by Crippen LogP contribution is 2.27. The summed E-state index contributed by atoms with van der Waals surface area (Å²) in [5, 5.41) is 7.41.